The van der Waals surface area contributed by atoms with Gasteiger partial charge in [-0.3, -0.25) is 0 Å². The molecule has 0 radical (unpaired) electrons. The lowest BCUT2D eigenvalue weighted by Gasteiger charge is -2.39. The Morgan fingerprint density at radius 3 is 2.33 bits per heavy atom. The molecule has 1 aliphatic heterocycles. The van der Waals surface area contributed by atoms with Crippen LogP contribution in [0.15, 0.2) is 0 Å². The lowest BCUT2D eigenvalue weighted by molar-refractivity contribution is -0.121. The van der Waals surface area contributed by atoms with Crippen LogP contribution in [0.1, 0.15) is 59.3 Å². The number of nitrogens with zero attached hydrogens (tertiary/aromatic N) is 1. The van der Waals surface area contributed by atoms with Crippen LogP contribution in [0.4, 0.5) is 0 Å². The predicted octanol–water partition coefficient (Wildman–Crippen LogP) is 3.69. The van der Waals surface area contributed by atoms with Gasteiger partial charge in [0.15, 0.2) is 0 Å². The van der Waals surface area contributed by atoms with Crippen LogP contribution in [-0.2, 0) is 0 Å². The van der Waals surface area contributed by atoms with Crippen LogP contribution in [0.3, 0.4) is 0 Å². The molecule has 0 aromatic heterocycles. The van der Waals surface area contributed by atoms with Gasteiger partial charge in [-0.2, -0.15) is 5.06 Å². The molecule has 0 spiro atoms. The van der Waals surface area contributed by atoms with Crippen LogP contribution < -0.4 is 0 Å². The Kier molecular flexibility index (Phi) is 5.07. The van der Waals surface area contributed by atoms with Gasteiger partial charge in [-0.1, -0.05) is 40.0 Å². The van der Waals surface area contributed by atoms with Gasteiger partial charge in [0.1, 0.15) is 0 Å². The number of hydrogen-bond donors (Lipinski definition) is 1. The molecule has 0 amide bonds. The highest BCUT2D eigenvalue weighted by Crippen LogP contribution is 2.38. The van der Waals surface area contributed by atoms with Crippen molar-refractivity contribution in [2.24, 2.45) is 11.3 Å². The van der Waals surface area contributed by atoms with Gasteiger partial charge in [0, 0.05) is 13.1 Å². The molecule has 1 N–H and O–H groups in total. The van der Waals surface area contributed by atoms with Crippen LogP contribution in [-0.4, -0.2) is 23.4 Å². The zero-order valence-corrected chi connectivity index (χ0v) is 10.6. The summed E-state index contributed by atoms with van der Waals surface area (Å²) in [6.07, 6.45) is 7.71. The second kappa shape index (κ2) is 5.86. The number of hydroxylamine groups is 2. The summed E-state index contributed by atoms with van der Waals surface area (Å²) < 4.78 is 0. The molecule has 0 aromatic rings. The first-order chi connectivity index (χ1) is 7.06. The molecule has 1 fully saturated rings. The van der Waals surface area contributed by atoms with Gasteiger partial charge in [-0.25, -0.2) is 0 Å². The van der Waals surface area contributed by atoms with E-state index < -0.39 is 0 Å². The van der Waals surface area contributed by atoms with E-state index in [4.69, 9.17) is 0 Å². The number of piperidine rings is 1. The zero-order valence-electron chi connectivity index (χ0n) is 10.6. The summed E-state index contributed by atoms with van der Waals surface area (Å²) in [5, 5.41) is 10.8. The first-order valence-corrected chi connectivity index (χ1v) is 6.50. The quantitative estimate of drug-likeness (QED) is 0.704. The molecule has 2 nitrogen and oxygen atoms in total. The Hall–Kier alpha value is -0.0800. The van der Waals surface area contributed by atoms with Gasteiger partial charge in [-0.05, 0) is 30.6 Å². The summed E-state index contributed by atoms with van der Waals surface area (Å²) in [5.74, 6) is 0.803. The van der Waals surface area contributed by atoms with E-state index in [1.165, 1.54) is 30.7 Å². The van der Waals surface area contributed by atoms with E-state index in [2.05, 4.69) is 20.8 Å². The molecular weight excluding hydrogens is 186 g/mol. The van der Waals surface area contributed by atoms with Crippen molar-refractivity contribution >= 4 is 0 Å². The maximum Gasteiger partial charge on any atom is 0.0241 e. The number of rotatable bonds is 5. The van der Waals surface area contributed by atoms with Crippen LogP contribution in [0.2, 0.25) is 0 Å². The molecule has 15 heavy (non-hydrogen) atoms. The van der Waals surface area contributed by atoms with Crippen LogP contribution in [0, 0.1) is 11.3 Å². The highest BCUT2D eigenvalue weighted by Gasteiger charge is 2.31. The number of unbranched alkanes of at least 4 members (excludes halogenated alkanes) is 2. The van der Waals surface area contributed by atoms with E-state index in [1.807, 2.05) is 0 Å². The highest BCUT2D eigenvalue weighted by atomic mass is 16.5. The minimum absolute atomic E-state index is 0.469. The monoisotopic (exact) mass is 213 g/mol. The van der Waals surface area contributed by atoms with Gasteiger partial charge in [0.25, 0.3) is 0 Å². The molecule has 0 bridgehead atoms. The van der Waals surface area contributed by atoms with Gasteiger partial charge in [0.05, 0.1) is 0 Å². The average Bonchev–Trinajstić information content (AvgIpc) is 2.18. The normalized spacial score (nSPS) is 20.8. The van der Waals surface area contributed by atoms with E-state index in [9.17, 15) is 5.21 Å². The minimum Gasteiger partial charge on any atom is -0.314 e. The van der Waals surface area contributed by atoms with E-state index in [-0.39, 0.29) is 0 Å². The molecule has 0 saturated carbocycles. The number of hydrogen-bond acceptors (Lipinski definition) is 2. The third-order valence-electron chi connectivity index (χ3n) is 4.00. The Morgan fingerprint density at radius 2 is 1.80 bits per heavy atom. The second-order valence-corrected chi connectivity index (χ2v) is 5.67. The van der Waals surface area contributed by atoms with Crippen LogP contribution in [0.5, 0.6) is 0 Å². The maximum atomic E-state index is 9.34. The van der Waals surface area contributed by atoms with Crippen LogP contribution in [0.25, 0.3) is 0 Å². The molecule has 1 saturated heterocycles. The summed E-state index contributed by atoms with van der Waals surface area (Å²) in [6, 6.07) is 0. The van der Waals surface area contributed by atoms with E-state index in [0.717, 1.165) is 31.8 Å². The summed E-state index contributed by atoms with van der Waals surface area (Å²) in [5.41, 5.74) is 0.469. The lowest BCUT2D eigenvalue weighted by atomic mass is 9.71. The largest absolute Gasteiger partial charge is 0.314 e. The van der Waals surface area contributed by atoms with Gasteiger partial charge < -0.3 is 5.21 Å². The summed E-state index contributed by atoms with van der Waals surface area (Å²) >= 11 is 0. The molecule has 0 unspecified atom stereocenters. The summed E-state index contributed by atoms with van der Waals surface area (Å²) in [7, 11) is 0. The zero-order chi connectivity index (χ0) is 11.3. The Labute approximate surface area is 94.6 Å². The maximum absolute atomic E-state index is 9.34. The standard InChI is InChI=1S/C13H27NO/c1-4-5-6-9-13(2,3)12-7-10-14(15)11-8-12/h12,15H,4-11H2,1-3H3. The third-order valence-corrected chi connectivity index (χ3v) is 4.00. The molecular formula is C13H27NO. The minimum atomic E-state index is 0.469. The first-order valence-electron chi connectivity index (χ1n) is 6.50. The topological polar surface area (TPSA) is 23.5 Å². The molecule has 2 heteroatoms. The van der Waals surface area contributed by atoms with E-state index >= 15 is 0 Å². The Bertz CT molecular complexity index is 171. The van der Waals surface area contributed by atoms with Gasteiger partial charge in [-0.15, -0.1) is 0 Å². The van der Waals surface area contributed by atoms with Crippen molar-refractivity contribution in [3.8, 4) is 0 Å². The molecule has 1 heterocycles. The third kappa shape index (κ3) is 4.12. The summed E-state index contributed by atoms with van der Waals surface area (Å²) in [6.45, 7) is 8.79. The van der Waals surface area contributed by atoms with Crippen LogP contribution >= 0.6 is 0 Å². The van der Waals surface area contributed by atoms with Gasteiger partial charge in [0.2, 0.25) is 0 Å². The lowest BCUT2D eigenvalue weighted by Crippen LogP contribution is -2.37. The second-order valence-electron chi connectivity index (χ2n) is 5.67. The summed E-state index contributed by atoms with van der Waals surface area (Å²) in [4.78, 5) is 0. The van der Waals surface area contributed by atoms with E-state index in [0.29, 0.717) is 5.41 Å². The SMILES string of the molecule is CCCCCC(C)(C)C1CCN(O)CC1. The molecule has 0 aliphatic carbocycles. The molecule has 0 aromatic carbocycles. The van der Waals surface area contributed by atoms with Crippen molar-refractivity contribution in [2.45, 2.75) is 59.3 Å². The molecule has 90 valence electrons. The Morgan fingerprint density at radius 1 is 1.20 bits per heavy atom. The van der Waals surface area contributed by atoms with Crippen molar-refractivity contribution < 1.29 is 5.21 Å². The fraction of sp³-hybridized carbons (Fsp3) is 1.00. The fourth-order valence-electron chi connectivity index (χ4n) is 2.68. The van der Waals surface area contributed by atoms with Crippen molar-refractivity contribution in [1.29, 1.82) is 0 Å². The predicted molar refractivity (Wildman–Crippen MR) is 64.0 cm³/mol. The fourth-order valence-corrected chi connectivity index (χ4v) is 2.68. The Balaban J connectivity index is 2.32. The molecule has 1 rings (SSSR count). The van der Waals surface area contributed by atoms with Gasteiger partial charge >= 0.3 is 0 Å². The average molecular weight is 213 g/mol. The smallest absolute Gasteiger partial charge is 0.0241 e. The molecule has 1 aliphatic rings. The van der Waals surface area contributed by atoms with Crippen molar-refractivity contribution in [3.05, 3.63) is 0 Å². The first kappa shape index (κ1) is 13.0. The van der Waals surface area contributed by atoms with Crippen molar-refractivity contribution in [2.75, 3.05) is 13.1 Å². The van der Waals surface area contributed by atoms with Crippen molar-refractivity contribution in [3.63, 3.8) is 0 Å². The highest BCUT2D eigenvalue weighted by molar-refractivity contribution is 4.81. The van der Waals surface area contributed by atoms with Crippen molar-refractivity contribution in [1.82, 2.24) is 5.06 Å². The molecule has 0 atom stereocenters. The van der Waals surface area contributed by atoms with E-state index in [1.54, 1.807) is 0 Å².